The van der Waals surface area contributed by atoms with Crippen molar-refractivity contribution in [1.29, 1.82) is 0 Å². The van der Waals surface area contributed by atoms with Gasteiger partial charge in [0.15, 0.2) is 5.58 Å². The van der Waals surface area contributed by atoms with E-state index < -0.39 is 0 Å². The Hall–Kier alpha value is -1.81. The summed E-state index contributed by atoms with van der Waals surface area (Å²) < 4.78 is 6.91. The Balaban J connectivity index is 2.56. The van der Waals surface area contributed by atoms with Crippen LogP contribution in [0.5, 0.6) is 0 Å². The second-order valence-electron chi connectivity index (χ2n) is 3.73. The number of aryl methyl sites for hydroxylation is 1. The highest BCUT2D eigenvalue weighted by Crippen LogP contribution is 2.30. The quantitative estimate of drug-likeness (QED) is 0.665. The van der Waals surface area contributed by atoms with Crippen LogP contribution in [0, 0.1) is 0 Å². The molecule has 17 heavy (non-hydrogen) atoms. The molecule has 0 amide bonds. The first-order valence-electron chi connectivity index (χ1n) is 5.29. The van der Waals surface area contributed by atoms with Gasteiger partial charge in [0, 0.05) is 11.9 Å². The van der Waals surface area contributed by atoms with Gasteiger partial charge >= 0.3 is 5.56 Å². The lowest BCUT2D eigenvalue weighted by Crippen LogP contribution is -2.20. The smallest absolute Gasteiger partial charge is 0.310 e. The number of aromatic nitrogens is 2. The minimum absolute atomic E-state index is 0.225. The summed E-state index contributed by atoms with van der Waals surface area (Å²) in [7, 11) is 0. The average molecular weight is 249 g/mol. The third-order valence-electron chi connectivity index (χ3n) is 2.76. The maximum atomic E-state index is 12.0. The van der Waals surface area contributed by atoms with Crippen LogP contribution < -0.4 is 5.56 Å². The van der Waals surface area contributed by atoms with Crippen molar-refractivity contribution in [3.63, 3.8) is 0 Å². The molecule has 0 saturated carbocycles. The number of nitrogens with zero attached hydrogens (tertiary/aromatic N) is 2. The Labute approximate surface area is 101 Å². The number of benzene rings is 1. The molecule has 0 unspecified atom stereocenters. The normalized spacial score (nSPS) is 11.4. The van der Waals surface area contributed by atoms with Crippen molar-refractivity contribution >= 4 is 33.5 Å². The van der Waals surface area contributed by atoms with Crippen LogP contribution in [0.2, 0.25) is 5.02 Å². The molecule has 0 atom stereocenters. The number of halogens is 1. The Morgan fingerprint density at radius 2 is 2.18 bits per heavy atom. The van der Waals surface area contributed by atoms with Gasteiger partial charge in [-0.3, -0.25) is 4.79 Å². The lowest BCUT2D eigenvalue weighted by Gasteiger charge is -1.97. The largest absolute Gasteiger partial charge is 0.449 e. The van der Waals surface area contributed by atoms with Crippen LogP contribution in [0.4, 0.5) is 0 Å². The standard InChI is InChI=1S/C12H9ClN2O2/c1-2-15-12(16)11-8(6-14-15)7-4-3-5-9(13)10(7)17-11/h3-6H,2H2,1H3. The number of fused-ring (bicyclic) bond motifs is 3. The fraction of sp³-hybridized carbons (Fsp3) is 0.167. The van der Waals surface area contributed by atoms with Crippen molar-refractivity contribution in [3.05, 3.63) is 39.8 Å². The predicted molar refractivity (Wildman–Crippen MR) is 66.5 cm³/mol. The van der Waals surface area contributed by atoms with Crippen LogP contribution in [0.3, 0.4) is 0 Å². The molecule has 1 aromatic carbocycles. The van der Waals surface area contributed by atoms with Crippen LogP contribution in [-0.2, 0) is 6.54 Å². The summed E-state index contributed by atoms with van der Waals surface area (Å²) in [5.41, 5.74) is 0.624. The zero-order valence-electron chi connectivity index (χ0n) is 9.11. The molecule has 0 N–H and O–H groups in total. The molecule has 0 fully saturated rings. The zero-order valence-corrected chi connectivity index (χ0v) is 9.86. The van der Waals surface area contributed by atoms with Crippen LogP contribution in [0.1, 0.15) is 6.92 Å². The third-order valence-corrected chi connectivity index (χ3v) is 3.06. The fourth-order valence-corrected chi connectivity index (χ4v) is 2.13. The summed E-state index contributed by atoms with van der Waals surface area (Å²) in [5, 5.41) is 6.10. The monoisotopic (exact) mass is 248 g/mol. The molecule has 86 valence electrons. The molecule has 5 heteroatoms. The van der Waals surface area contributed by atoms with Crippen LogP contribution in [-0.4, -0.2) is 9.78 Å². The molecule has 0 aliphatic rings. The molecule has 0 aliphatic carbocycles. The molecule has 0 aliphatic heterocycles. The lowest BCUT2D eigenvalue weighted by atomic mass is 10.2. The molecule has 0 radical (unpaired) electrons. The van der Waals surface area contributed by atoms with E-state index >= 15 is 0 Å². The van der Waals surface area contributed by atoms with Crippen molar-refractivity contribution < 1.29 is 4.42 Å². The number of hydrogen-bond acceptors (Lipinski definition) is 3. The second-order valence-corrected chi connectivity index (χ2v) is 4.13. The summed E-state index contributed by atoms with van der Waals surface area (Å²) in [6.07, 6.45) is 1.64. The van der Waals surface area contributed by atoms with Gasteiger partial charge in [-0.15, -0.1) is 0 Å². The molecule has 3 rings (SSSR count). The minimum atomic E-state index is -0.225. The summed E-state index contributed by atoms with van der Waals surface area (Å²) in [6, 6.07) is 5.42. The number of furan rings is 1. The van der Waals surface area contributed by atoms with E-state index in [-0.39, 0.29) is 5.56 Å². The van der Waals surface area contributed by atoms with Gasteiger partial charge in [-0.1, -0.05) is 23.7 Å². The highest BCUT2D eigenvalue weighted by Gasteiger charge is 2.13. The van der Waals surface area contributed by atoms with Gasteiger partial charge in [0.05, 0.1) is 16.6 Å². The first kappa shape index (κ1) is 10.4. The first-order valence-corrected chi connectivity index (χ1v) is 5.67. The van der Waals surface area contributed by atoms with E-state index in [1.54, 1.807) is 12.3 Å². The van der Waals surface area contributed by atoms with Crippen LogP contribution in [0.15, 0.2) is 33.6 Å². The Bertz CT molecular complexity index is 773. The van der Waals surface area contributed by atoms with Crippen molar-refractivity contribution in [1.82, 2.24) is 9.78 Å². The van der Waals surface area contributed by atoms with Crippen molar-refractivity contribution in [3.8, 4) is 0 Å². The van der Waals surface area contributed by atoms with Gasteiger partial charge < -0.3 is 4.42 Å². The van der Waals surface area contributed by atoms with E-state index in [2.05, 4.69) is 5.10 Å². The highest BCUT2D eigenvalue weighted by atomic mass is 35.5. The first-order chi connectivity index (χ1) is 8.22. The summed E-state index contributed by atoms with van der Waals surface area (Å²) >= 11 is 6.03. The molecule has 2 aromatic heterocycles. The fourth-order valence-electron chi connectivity index (χ4n) is 1.91. The molecule has 3 aromatic rings. The Kier molecular flexibility index (Phi) is 2.19. The van der Waals surface area contributed by atoms with Gasteiger partial charge in [-0.05, 0) is 13.0 Å². The molecular formula is C12H9ClN2O2. The van der Waals surface area contributed by atoms with E-state index in [1.165, 1.54) is 4.68 Å². The summed E-state index contributed by atoms with van der Waals surface area (Å²) in [5.74, 6) is 0. The molecular weight excluding hydrogens is 240 g/mol. The molecule has 0 bridgehead atoms. The number of para-hydroxylation sites is 1. The van der Waals surface area contributed by atoms with E-state index in [0.29, 0.717) is 28.1 Å². The molecule has 0 spiro atoms. The van der Waals surface area contributed by atoms with Gasteiger partial charge in [0.2, 0.25) is 5.58 Å². The Morgan fingerprint density at radius 3 is 2.94 bits per heavy atom. The summed E-state index contributed by atoms with van der Waals surface area (Å²) in [6.45, 7) is 2.37. The maximum absolute atomic E-state index is 12.0. The predicted octanol–water partition coefficient (Wildman–Crippen LogP) is 2.82. The lowest BCUT2D eigenvalue weighted by molar-refractivity contribution is 0.594. The topological polar surface area (TPSA) is 48.0 Å². The Morgan fingerprint density at radius 1 is 1.35 bits per heavy atom. The van der Waals surface area contributed by atoms with Crippen molar-refractivity contribution in [2.24, 2.45) is 0 Å². The van der Waals surface area contributed by atoms with E-state index in [4.69, 9.17) is 16.0 Å². The number of rotatable bonds is 1. The van der Waals surface area contributed by atoms with Crippen molar-refractivity contribution in [2.45, 2.75) is 13.5 Å². The highest BCUT2D eigenvalue weighted by molar-refractivity contribution is 6.35. The van der Waals surface area contributed by atoms with Crippen LogP contribution >= 0.6 is 11.6 Å². The summed E-state index contributed by atoms with van der Waals surface area (Å²) in [4.78, 5) is 12.0. The average Bonchev–Trinajstić information content (AvgIpc) is 2.71. The van der Waals surface area contributed by atoms with Crippen LogP contribution in [0.25, 0.3) is 21.9 Å². The van der Waals surface area contributed by atoms with E-state index in [1.807, 2.05) is 19.1 Å². The number of hydrogen-bond donors (Lipinski definition) is 0. The SMILES string of the molecule is CCn1ncc2c(oc3c(Cl)cccc32)c1=O. The van der Waals surface area contributed by atoms with E-state index in [0.717, 1.165) is 5.39 Å². The van der Waals surface area contributed by atoms with Crippen molar-refractivity contribution in [2.75, 3.05) is 0 Å². The minimum Gasteiger partial charge on any atom is -0.449 e. The van der Waals surface area contributed by atoms with E-state index in [9.17, 15) is 4.79 Å². The molecule has 0 saturated heterocycles. The third kappa shape index (κ3) is 1.37. The molecule has 4 nitrogen and oxygen atoms in total. The molecule has 2 heterocycles. The maximum Gasteiger partial charge on any atom is 0.310 e. The van der Waals surface area contributed by atoms with Gasteiger partial charge in [-0.25, -0.2) is 4.68 Å². The van der Waals surface area contributed by atoms with Gasteiger partial charge in [0.25, 0.3) is 0 Å². The second kappa shape index (κ2) is 3.60. The van der Waals surface area contributed by atoms with Gasteiger partial charge in [0.1, 0.15) is 0 Å². The van der Waals surface area contributed by atoms with Gasteiger partial charge in [-0.2, -0.15) is 5.10 Å². The zero-order chi connectivity index (χ0) is 12.0.